The normalized spacial score (nSPS) is 11.7. The van der Waals surface area contributed by atoms with Crippen LogP contribution in [-0.4, -0.2) is 5.91 Å². The number of hydrogen-bond donors (Lipinski definition) is 1. The standard InChI is InChI=1S/C13H16F3NO/c1-8(2)12(18)17-7-10-4-9(3)5-11(6-10)13(14,15)16/h4-6,8H,7H2,1-3H3,(H,17,18). The second-order valence-corrected chi connectivity index (χ2v) is 4.58. The predicted molar refractivity (Wildman–Crippen MR) is 62.9 cm³/mol. The van der Waals surface area contributed by atoms with Gasteiger partial charge in [0.1, 0.15) is 0 Å². The number of halogens is 3. The van der Waals surface area contributed by atoms with E-state index >= 15 is 0 Å². The number of nitrogens with one attached hydrogen (secondary N) is 1. The zero-order valence-corrected chi connectivity index (χ0v) is 10.6. The summed E-state index contributed by atoms with van der Waals surface area (Å²) in [5, 5.41) is 2.60. The van der Waals surface area contributed by atoms with Crippen molar-refractivity contribution in [2.24, 2.45) is 5.92 Å². The lowest BCUT2D eigenvalue weighted by molar-refractivity contribution is -0.137. The minimum absolute atomic E-state index is 0.113. The van der Waals surface area contributed by atoms with E-state index in [-0.39, 0.29) is 18.4 Å². The smallest absolute Gasteiger partial charge is 0.352 e. The first-order chi connectivity index (χ1) is 8.20. The molecule has 0 aliphatic heterocycles. The average molecular weight is 259 g/mol. The summed E-state index contributed by atoms with van der Waals surface area (Å²) in [5.41, 5.74) is 0.297. The SMILES string of the molecule is Cc1cc(CNC(=O)C(C)C)cc(C(F)(F)F)c1. The van der Waals surface area contributed by atoms with Gasteiger partial charge in [0.2, 0.25) is 5.91 Å². The number of carbonyl (C=O) groups excluding carboxylic acids is 1. The van der Waals surface area contributed by atoms with E-state index in [4.69, 9.17) is 0 Å². The Morgan fingerprint density at radius 1 is 1.28 bits per heavy atom. The number of rotatable bonds is 3. The average Bonchev–Trinajstić information content (AvgIpc) is 2.23. The second-order valence-electron chi connectivity index (χ2n) is 4.58. The molecule has 1 aromatic carbocycles. The predicted octanol–water partition coefficient (Wildman–Crippen LogP) is 3.29. The summed E-state index contributed by atoms with van der Waals surface area (Å²) in [6.45, 7) is 5.17. The molecule has 0 unspecified atom stereocenters. The van der Waals surface area contributed by atoms with Crippen LogP contribution in [0.4, 0.5) is 13.2 Å². The lowest BCUT2D eigenvalue weighted by atomic mass is 10.1. The molecule has 18 heavy (non-hydrogen) atoms. The highest BCUT2D eigenvalue weighted by molar-refractivity contribution is 5.77. The molecule has 1 rings (SSSR count). The Morgan fingerprint density at radius 2 is 1.89 bits per heavy atom. The minimum atomic E-state index is -4.36. The van der Waals surface area contributed by atoms with Crippen LogP contribution in [0, 0.1) is 12.8 Å². The zero-order valence-electron chi connectivity index (χ0n) is 10.6. The van der Waals surface area contributed by atoms with Crippen LogP contribution in [0.3, 0.4) is 0 Å². The molecule has 2 nitrogen and oxygen atoms in total. The summed E-state index contributed by atoms with van der Waals surface area (Å²) in [5.74, 6) is -0.359. The van der Waals surface area contributed by atoms with Crippen LogP contribution in [0.2, 0.25) is 0 Å². The molecule has 0 saturated carbocycles. The van der Waals surface area contributed by atoms with Crippen molar-refractivity contribution < 1.29 is 18.0 Å². The molecular formula is C13H16F3NO. The van der Waals surface area contributed by atoms with Gasteiger partial charge in [0.25, 0.3) is 0 Å². The van der Waals surface area contributed by atoms with Gasteiger partial charge < -0.3 is 5.32 Å². The molecule has 0 atom stereocenters. The largest absolute Gasteiger partial charge is 0.416 e. The summed E-state index contributed by atoms with van der Waals surface area (Å²) in [4.78, 5) is 11.3. The van der Waals surface area contributed by atoms with E-state index in [0.717, 1.165) is 12.1 Å². The van der Waals surface area contributed by atoms with Gasteiger partial charge in [-0.15, -0.1) is 0 Å². The van der Waals surface area contributed by atoms with Gasteiger partial charge in [-0.3, -0.25) is 4.79 Å². The Balaban J connectivity index is 2.84. The molecule has 0 aromatic heterocycles. The Hall–Kier alpha value is -1.52. The van der Waals surface area contributed by atoms with Crippen molar-refractivity contribution in [1.29, 1.82) is 0 Å². The van der Waals surface area contributed by atoms with Crippen molar-refractivity contribution >= 4 is 5.91 Å². The summed E-state index contributed by atoms with van der Waals surface area (Å²) >= 11 is 0. The van der Waals surface area contributed by atoms with Gasteiger partial charge >= 0.3 is 6.18 Å². The van der Waals surface area contributed by atoms with Crippen molar-refractivity contribution in [1.82, 2.24) is 5.32 Å². The van der Waals surface area contributed by atoms with E-state index in [2.05, 4.69) is 5.32 Å². The zero-order chi connectivity index (χ0) is 13.9. The fourth-order valence-electron chi connectivity index (χ4n) is 1.52. The molecule has 1 aromatic rings. The number of amides is 1. The quantitative estimate of drug-likeness (QED) is 0.886. The molecule has 0 spiro atoms. The fraction of sp³-hybridized carbons (Fsp3) is 0.462. The Labute approximate surface area is 104 Å². The number of aryl methyl sites for hydroxylation is 1. The van der Waals surface area contributed by atoms with Gasteiger partial charge in [-0.25, -0.2) is 0 Å². The molecular weight excluding hydrogens is 243 g/mol. The maximum atomic E-state index is 12.6. The first-order valence-electron chi connectivity index (χ1n) is 5.65. The van der Waals surface area contributed by atoms with E-state index in [9.17, 15) is 18.0 Å². The maximum Gasteiger partial charge on any atom is 0.416 e. The summed E-state index contributed by atoms with van der Waals surface area (Å²) < 4.78 is 37.8. The van der Waals surface area contributed by atoms with Gasteiger partial charge in [0.05, 0.1) is 5.56 Å². The summed E-state index contributed by atoms with van der Waals surface area (Å²) in [6.07, 6.45) is -4.36. The van der Waals surface area contributed by atoms with Crippen molar-refractivity contribution in [2.75, 3.05) is 0 Å². The van der Waals surface area contributed by atoms with Crippen LogP contribution in [0.25, 0.3) is 0 Å². The van der Waals surface area contributed by atoms with Crippen LogP contribution < -0.4 is 5.32 Å². The molecule has 0 aliphatic rings. The van der Waals surface area contributed by atoms with E-state index in [1.807, 2.05) is 0 Å². The van der Waals surface area contributed by atoms with Gasteiger partial charge in [0.15, 0.2) is 0 Å². The number of hydrogen-bond acceptors (Lipinski definition) is 1. The van der Waals surface area contributed by atoms with Crippen LogP contribution in [0.5, 0.6) is 0 Å². The van der Waals surface area contributed by atoms with Crippen LogP contribution in [0.15, 0.2) is 18.2 Å². The third-order valence-corrected chi connectivity index (χ3v) is 2.46. The van der Waals surface area contributed by atoms with Crippen LogP contribution in [-0.2, 0) is 17.5 Å². The van der Waals surface area contributed by atoms with Crippen molar-refractivity contribution in [3.05, 3.63) is 34.9 Å². The van der Waals surface area contributed by atoms with Crippen molar-refractivity contribution in [3.8, 4) is 0 Å². The minimum Gasteiger partial charge on any atom is -0.352 e. The first-order valence-corrected chi connectivity index (χ1v) is 5.65. The van der Waals surface area contributed by atoms with Crippen molar-refractivity contribution in [3.63, 3.8) is 0 Å². The molecule has 0 aliphatic carbocycles. The van der Waals surface area contributed by atoms with E-state index < -0.39 is 11.7 Å². The van der Waals surface area contributed by atoms with Gasteiger partial charge in [0, 0.05) is 12.5 Å². The van der Waals surface area contributed by atoms with Gasteiger partial charge in [-0.2, -0.15) is 13.2 Å². The highest BCUT2D eigenvalue weighted by Gasteiger charge is 2.30. The molecule has 0 fully saturated rings. The molecule has 1 amide bonds. The molecule has 0 heterocycles. The molecule has 0 saturated heterocycles. The lowest BCUT2D eigenvalue weighted by Crippen LogP contribution is -2.27. The first kappa shape index (κ1) is 14.5. The fourth-order valence-corrected chi connectivity index (χ4v) is 1.52. The third-order valence-electron chi connectivity index (χ3n) is 2.46. The summed E-state index contributed by atoms with van der Waals surface area (Å²) in [7, 11) is 0. The number of alkyl halides is 3. The molecule has 5 heteroatoms. The molecule has 1 N–H and O–H groups in total. The Kier molecular flexibility index (Phi) is 4.38. The Bertz CT molecular complexity index is 438. The lowest BCUT2D eigenvalue weighted by Gasteiger charge is -2.12. The number of benzene rings is 1. The van der Waals surface area contributed by atoms with Crippen LogP contribution >= 0.6 is 0 Å². The highest BCUT2D eigenvalue weighted by atomic mass is 19.4. The summed E-state index contributed by atoms with van der Waals surface area (Å²) in [6, 6.07) is 3.79. The molecule has 0 radical (unpaired) electrons. The maximum absolute atomic E-state index is 12.6. The number of carbonyl (C=O) groups is 1. The highest BCUT2D eigenvalue weighted by Crippen LogP contribution is 2.30. The van der Waals surface area contributed by atoms with Crippen molar-refractivity contribution in [2.45, 2.75) is 33.5 Å². The third kappa shape index (κ3) is 4.05. The van der Waals surface area contributed by atoms with E-state index in [1.165, 1.54) is 0 Å². The van der Waals surface area contributed by atoms with E-state index in [0.29, 0.717) is 11.1 Å². The Morgan fingerprint density at radius 3 is 2.39 bits per heavy atom. The van der Waals surface area contributed by atoms with Crippen LogP contribution in [0.1, 0.15) is 30.5 Å². The second kappa shape index (κ2) is 5.42. The van der Waals surface area contributed by atoms with Gasteiger partial charge in [-0.1, -0.05) is 25.5 Å². The molecule has 0 bridgehead atoms. The molecule has 100 valence electrons. The van der Waals surface area contributed by atoms with E-state index in [1.54, 1.807) is 26.8 Å². The van der Waals surface area contributed by atoms with Gasteiger partial charge in [-0.05, 0) is 24.6 Å². The monoisotopic (exact) mass is 259 g/mol. The topological polar surface area (TPSA) is 29.1 Å².